The van der Waals surface area contributed by atoms with E-state index in [4.69, 9.17) is 9.90 Å². The van der Waals surface area contributed by atoms with Crippen molar-refractivity contribution in [1.82, 2.24) is 5.32 Å². The molecule has 2 saturated heterocycles. The van der Waals surface area contributed by atoms with E-state index in [2.05, 4.69) is 5.32 Å². The van der Waals surface area contributed by atoms with E-state index in [0.29, 0.717) is 17.9 Å². The zero-order chi connectivity index (χ0) is 11.6. The van der Waals surface area contributed by atoms with Gasteiger partial charge in [-0.05, 0) is 6.42 Å². The second kappa shape index (κ2) is 4.18. The smallest absolute Gasteiger partial charge is 0.475 e. The van der Waals surface area contributed by atoms with Crippen molar-refractivity contribution >= 4 is 11.8 Å². The number of piperidine rings is 1. The van der Waals surface area contributed by atoms with Gasteiger partial charge < -0.3 is 10.4 Å². The van der Waals surface area contributed by atoms with E-state index in [9.17, 15) is 18.0 Å². The molecule has 3 rings (SSSR count). The molecule has 7 heteroatoms. The van der Waals surface area contributed by atoms with Gasteiger partial charge in [0.2, 0.25) is 0 Å². The maximum absolute atomic E-state index is 10.7. The van der Waals surface area contributed by atoms with Crippen LogP contribution in [0.3, 0.4) is 0 Å². The lowest BCUT2D eigenvalue weighted by Gasteiger charge is -2.41. The molecule has 2 atom stereocenters. The van der Waals surface area contributed by atoms with Crippen LogP contribution < -0.4 is 5.32 Å². The molecule has 0 radical (unpaired) electrons. The fourth-order valence-corrected chi connectivity index (χ4v) is 1.57. The quantitative estimate of drug-likeness (QED) is 0.637. The van der Waals surface area contributed by atoms with Crippen LogP contribution in [0.5, 0.6) is 0 Å². The molecule has 86 valence electrons. The SMILES string of the molecule is O=C(O)C(F)(F)F.O=C1CC2CC(C1)N2. The standard InChI is InChI=1S/C6H9NO.C2HF3O2/c8-6-2-4-1-5(3-6)7-4;3-2(4,5)1(6)7/h4-5,7H,1-3H2;(H,6,7). The van der Waals surface area contributed by atoms with Crippen molar-refractivity contribution in [1.29, 1.82) is 0 Å². The molecule has 15 heavy (non-hydrogen) atoms. The molecule has 0 aromatic heterocycles. The lowest BCUT2D eigenvalue weighted by molar-refractivity contribution is -0.192. The molecule has 3 aliphatic rings. The van der Waals surface area contributed by atoms with Gasteiger partial charge in [-0.1, -0.05) is 0 Å². The van der Waals surface area contributed by atoms with Crippen molar-refractivity contribution in [2.24, 2.45) is 0 Å². The van der Waals surface area contributed by atoms with Gasteiger partial charge >= 0.3 is 12.1 Å². The van der Waals surface area contributed by atoms with Crippen LogP contribution >= 0.6 is 0 Å². The molecule has 2 bridgehead atoms. The minimum Gasteiger partial charge on any atom is -0.475 e. The Kier molecular flexibility index (Phi) is 3.33. The third-order valence-corrected chi connectivity index (χ3v) is 2.23. The van der Waals surface area contributed by atoms with Gasteiger partial charge in [0.25, 0.3) is 0 Å². The predicted octanol–water partition coefficient (Wildman–Crippen LogP) is 0.713. The number of carboxylic acids is 1. The summed E-state index contributed by atoms with van der Waals surface area (Å²) in [5.41, 5.74) is 0. The second-order valence-corrected chi connectivity index (χ2v) is 3.55. The molecule has 2 N–H and O–H groups in total. The van der Waals surface area contributed by atoms with E-state index in [-0.39, 0.29) is 0 Å². The van der Waals surface area contributed by atoms with Gasteiger partial charge in [-0.3, -0.25) is 4.79 Å². The van der Waals surface area contributed by atoms with E-state index >= 15 is 0 Å². The van der Waals surface area contributed by atoms with Crippen LogP contribution in [0.1, 0.15) is 19.3 Å². The zero-order valence-corrected chi connectivity index (χ0v) is 7.67. The first-order chi connectivity index (χ1) is 6.79. The van der Waals surface area contributed by atoms with E-state index < -0.39 is 12.1 Å². The number of carbonyl (C=O) groups is 2. The van der Waals surface area contributed by atoms with Gasteiger partial charge in [0.15, 0.2) is 0 Å². The number of aliphatic carboxylic acids is 1. The molecular weight excluding hydrogens is 215 g/mol. The monoisotopic (exact) mass is 225 g/mol. The number of carboxylic acid groups (broad SMARTS) is 1. The average molecular weight is 225 g/mol. The molecule has 2 heterocycles. The van der Waals surface area contributed by atoms with E-state index in [0.717, 1.165) is 12.8 Å². The molecule has 3 fully saturated rings. The number of ketones is 1. The normalized spacial score (nSPS) is 28.6. The first-order valence-corrected chi connectivity index (χ1v) is 4.37. The third-order valence-electron chi connectivity index (χ3n) is 2.23. The predicted molar refractivity (Wildman–Crippen MR) is 43.3 cm³/mol. The summed E-state index contributed by atoms with van der Waals surface area (Å²) in [7, 11) is 0. The summed E-state index contributed by atoms with van der Waals surface area (Å²) in [6, 6.07) is 1.11. The van der Waals surface area contributed by atoms with E-state index in [1.807, 2.05) is 0 Å². The van der Waals surface area contributed by atoms with Crippen LogP contribution in [0.4, 0.5) is 13.2 Å². The van der Waals surface area contributed by atoms with Crippen molar-refractivity contribution < 1.29 is 27.9 Å². The van der Waals surface area contributed by atoms with Crippen molar-refractivity contribution in [2.45, 2.75) is 37.5 Å². The maximum atomic E-state index is 10.7. The molecule has 0 amide bonds. The van der Waals surface area contributed by atoms with Crippen LogP contribution in [-0.2, 0) is 9.59 Å². The van der Waals surface area contributed by atoms with Crippen molar-refractivity contribution in [3.63, 3.8) is 0 Å². The highest BCUT2D eigenvalue weighted by atomic mass is 19.4. The summed E-state index contributed by atoms with van der Waals surface area (Å²) >= 11 is 0. The minimum atomic E-state index is -5.08. The van der Waals surface area contributed by atoms with Crippen LogP contribution in [-0.4, -0.2) is 35.1 Å². The summed E-state index contributed by atoms with van der Waals surface area (Å²) in [5, 5.41) is 10.4. The molecule has 1 saturated carbocycles. The second-order valence-electron chi connectivity index (χ2n) is 3.55. The summed E-state index contributed by atoms with van der Waals surface area (Å²) in [5.74, 6) is -2.31. The minimum absolute atomic E-state index is 0.449. The molecule has 0 spiro atoms. The van der Waals surface area contributed by atoms with Crippen LogP contribution in [0.25, 0.3) is 0 Å². The number of alkyl halides is 3. The number of nitrogens with one attached hydrogen (secondary N) is 1. The molecular formula is C8H10F3NO3. The Balaban J connectivity index is 0.000000153. The Labute approximate surface area is 83.5 Å². The Bertz CT molecular complexity index is 259. The van der Waals surface area contributed by atoms with Crippen LogP contribution in [0, 0.1) is 0 Å². The molecule has 0 aromatic rings. The average Bonchev–Trinajstić information content (AvgIpc) is 2.00. The lowest BCUT2D eigenvalue weighted by atomic mass is 9.82. The molecule has 4 nitrogen and oxygen atoms in total. The maximum Gasteiger partial charge on any atom is 0.490 e. The van der Waals surface area contributed by atoms with Gasteiger partial charge in [-0.25, -0.2) is 4.79 Å². The van der Waals surface area contributed by atoms with Gasteiger partial charge in [0.1, 0.15) is 5.78 Å². The fraction of sp³-hybridized carbons (Fsp3) is 0.750. The van der Waals surface area contributed by atoms with Crippen LogP contribution in [0.2, 0.25) is 0 Å². The van der Waals surface area contributed by atoms with Gasteiger partial charge in [-0.15, -0.1) is 0 Å². The Hall–Kier alpha value is -1.11. The molecule has 2 unspecified atom stereocenters. The highest BCUT2D eigenvalue weighted by Gasteiger charge is 2.38. The van der Waals surface area contributed by atoms with Crippen molar-refractivity contribution in [3.05, 3.63) is 0 Å². The number of Topliss-reactive ketones (excluding diaryl/α,β-unsaturated/α-hetero) is 1. The number of halogens is 3. The van der Waals surface area contributed by atoms with Crippen LogP contribution in [0.15, 0.2) is 0 Å². The Morgan fingerprint density at radius 3 is 1.80 bits per heavy atom. The molecule has 2 aliphatic heterocycles. The Morgan fingerprint density at radius 1 is 1.33 bits per heavy atom. The number of hydrogen-bond acceptors (Lipinski definition) is 3. The number of rotatable bonds is 0. The molecule has 0 aromatic carbocycles. The van der Waals surface area contributed by atoms with Gasteiger partial charge in [0.05, 0.1) is 0 Å². The van der Waals surface area contributed by atoms with E-state index in [1.165, 1.54) is 6.42 Å². The van der Waals surface area contributed by atoms with Crippen molar-refractivity contribution in [3.8, 4) is 0 Å². The first-order valence-electron chi connectivity index (χ1n) is 4.37. The summed E-state index contributed by atoms with van der Waals surface area (Å²) in [4.78, 5) is 19.6. The number of hydrogen-bond donors (Lipinski definition) is 2. The van der Waals surface area contributed by atoms with Gasteiger partial charge in [-0.2, -0.15) is 13.2 Å². The van der Waals surface area contributed by atoms with Crippen molar-refractivity contribution in [2.75, 3.05) is 0 Å². The Morgan fingerprint density at radius 2 is 1.67 bits per heavy atom. The topological polar surface area (TPSA) is 66.4 Å². The summed E-state index contributed by atoms with van der Waals surface area (Å²) < 4.78 is 31.7. The number of fused-ring (bicyclic) bond motifs is 2. The highest BCUT2D eigenvalue weighted by molar-refractivity contribution is 5.81. The third kappa shape index (κ3) is 3.50. The summed E-state index contributed by atoms with van der Waals surface area (Å²) in [6.45, 7) is 0. The largest absolute Gasteiger partial charge is 0.490 e. The highest BCUT2D eigenvalue weighted by Crippen LogP contribution is 2.24. The zero-order valence-electron chi connectivity index (χ0n) is 7.67. The van der Waals surface area contributed by atoms with E-state index in [1.54, 1.807) is 0 Å². The lowest BCUT2D eigenvalue weighted by Crippen LogP contribution is -2.58. The fourth-order valence-electron chi connectivity index (χ4n) is 1.57. The number of carbonyl (C=O) groups excluding carboxylic acids is 1. The summed E-state index contributed by atoms with van der Waals surface area (Å²) in [6.07, 6.45) is -2.27. The van der Waals surface area contributed by atoms with Gasteiger partial charge in [0, 0.05) is 24.9 Å². The first kappa shape index (κ1) is 12.0. The molecule has 1 aliphatic carbocycles.